The summed E-state index contributed by atoms with van der Waals surface area (Å²) in [5.74, 6) is 1.78. The summed E-state index contributed by atoms with van der Waals surface area (Å²) in [7, 11) is 0. The zero-order valence-corrected chi connectivity index (χ0v) is 17.5. The minimum Gasteiger partial charge on any atom is -0.493 e. The molecule has 0 spiro atoms. The van der Waals surface area contributed by atoms with Crippen LogP contribution in [0.1, 0.15) is 36.1 Å². The molecule has 144 valence electrons. The minimum atomic E-state index is 0. The Kier molecular flexibility index (Phi) is 6.95. The predicted octanol–water partition coefficient (Wildman–Crippen LogP) is 3.81. The van der Waals surface area contributed by atoms with Crippen LogP contribution in [-0.2, 0) is 4.74 Å². The van der Waals surface area contributed by atoms with E-state index in [2.05, 4.69) is 40.6 Å². The standard InChI is InChI=1S/C21H25N3O2.HI/c22-21(24-18-11-13-25-19-9-5-4-8-17(18)19)23-14-16-10-12-26-20(16)15-6-2-1-3-7-15;/h1-9,16,18,20H,10-14H2,(H3,22,23,24);1H/t16-,18?,20-;/m0./s1. The highest BCUT2D eigenvalue weighted by Gasteiger charge is 2.29. The van der Waals surface area contributed by atoms with Gasteiger partial charge < -0.3 is 20.5 Å². The van der Waals surface area contributed by atoms with Gasteiger partial charge in [0, 0.05) is 31.1 Å². The Morgan fingerprint density at radius 1 is 1.04 bits per heavy atom. The van der Waals surface area contributed by atoms with Gasteiger partial charge in [-0.3, -0.25) is 4.99 Å². The van der Waals surface area contributed by atoms with Gasteiger partial charge in [0.25, 0.3) is 0 Å². The van der Waals surface area contributed by atoms with Crippen LogP contribution in [0, 0.1) is 5.92 Å². The fraction of sp³-hybridized carbons (Fsp3) is 0.381. The normalized spacial score (nSPS) is 24.4. The third kappa shape index (κ3) is 4.73. The van der Waals surface area contributed by atoms with Crippen molar-refractivity contribution in [2.45, 2.75) is 25.0 Å². The van der Waals surface area contributed by atoms with Gasteiger partial charge in [-0.15, -0.1) is 24.0 Å². The van der Waals surface area contributed by atoms with Crippen molar-refractivity contribution in [2.75, 3.05) is 19.8 Å². The van der Waals surface area contributed by atoms with Crippen LogP contribution in [0.2, 0.25) is 0 Å². The molecule has 0 amide bonds. The summed E-state index contributed by atoms with van der Waals surface area (Å²) in [6.07, 6.45) is 2.00. The molecule has 1 unspecified atom stereocenters. The second-order valence-corrected chi connectivity index (χ2v) is 6.85. The Balaban J connectivity index is 0.00000210. The molecule has 1 saturated heterocycles. The van der Waals surface area contributed by atoms with Gasteiger partial charge in [0.15, 0.2) is 5.96 Å². The monoisotopic (exact) mass is 479 g/mol. The number of aliphatic imine (C=N–C) groups is 1. The van der Waals surface area contributed by atoms with E-state index in [1.165, 1.54) is 5.56 Å². The van der Waals surface area contributed by atoms with Crippen molar-refractivity contribution >= 4 is 29.9 Å². The number of fused-ring (bicyclic) bond motifs is 1. The smallest absolute Gasteiger partial charge is 0.189 e. The number of hydrogen-bond donors (Lipinski definition) is 2. The van der Waals surface area contributed by atoms with E-state index in [0.717, 1.165) is 30.8 Å². The van der Waals surface area contributed by atoms with E-state index in [0.29, 0.717) is 25.0 Å². The molecule has 0 saturated carbocycles. The van der Waals surface area contributed by atoms with Crippen LogP contribution < -0.4 is 15.8 Å². The molecule has 2 aromatic rings. The summed E-state index contributed by atoms with van der Waals surface area (Å²) >= 11 is 0. The molecule has 3 atom stereocenters. The molecular formula is C21H26IN3O2. The Morgan fingerprint density at radius 3 is 2.67 bits per heavy atom. The third-order valence-electron chi connectivity index (χ3n) is 5.12. The predicted molar refractivity (Wildman–Crippen MR) is 118 cm³/mol. The van der Waals surface area contributed by atoms with Gasteiger partial charge in [-0.25, -0.2) is 0 Å². The van der Waals surface area contributed by atoms with Crippen molar-refractivity contribution in [1.29, 1.82) is 0 Å². The summed E-state index contributed by atoms with van der Waals surface area (Å²) in [5, 5.41) is 3.36. The number of nitrogens with zero attached hydrogens (tertiary/aromatic N) is 1. The first-order chi connectivity index (χ1) is 12.8. The minimum absolute atomic E-state index is 0. The molecule has 0 aromatic heterocycles. The lowest BCUT2D eigenvalue weighted by molar-refractivity contribution is 0.0925. The van der Waals surface area contributed by atoms with E-state index >= 15 is 0 Å². The van der Waals surface area contributed by atoms with Crippen molar-refractivity contribution in [3.8, 4) is 5.75 Å². The van der Waals surface area contributed by atoms with Crippen LogP contribution in [0.25, 0.3) is 0 Å². The fourth-order valence-electron chi connectivity index (χ4n) is 3.76. The number of nitrogens with two attached hydrogens (primary N) is 1. The van der Waals surface area contributed by atoms with Gasteiger partial charge in [-0.05, 0) is 18.1 Å². The van der Waals surface area contributed by atoms with Crippen LogP contribution in [0.4, 0.5) is 0 Å². The van der Waals surface area contributed by atoms with Crippen molar-refractivity contribution < 1.29 is 9.47 Å². The maximum absolute atomic E-state index is 6.18. The van der Waals surface area contributed by atoms with E-state index in [4.69, 9.17) is 15.2 Å². The highest BCUT2D eigenvalue weighted by Crippen LogP contribution is 2.35. The molecule has 6 heteroatoms. The molecule has 1 fully saturated rings. The fourth-order valence-corrected chi connectivity index (χ4v) is 3.76. The molecular weight excluding hydrogens is 453 g/mol. The van der Waals surface area contributed by atoms with Crippen molar-refractivity contribution in [3.05, 3.63) is 65.7 Å². The van der Waals surface area contributed by atoms with Gasteiger partial charge in [0.1, 0.15) is 5.75 Å². The average molecular weight is 479 g/mol. The zero-order chi connectivity index (χ0) is 17.8. The first-order valence-electron chi connectivity index (χ1n) is 9.26. The Morgan fingerprint density at radius 2 is 1.81 bits per heavy atom. The molecule has 2 aliphatic heterocycles. The topological polar surface area (TPSA) is 68.9 Å². The summed E-state index contributed by atoms with van der Waals surface area (Å²) in [5.41, 5.74) is 8.54. The van der Waals surface area contributed by atoms with Crippen LogP contribution in [0.15, 0.2) is 59.6 Å². The maximum Gasteiger partial charge on any atom is 0.189 e. The highest BCUT2D eigenvalue weighted by molar-refractivity contribution is 14.0. The molecule has 2 heterocycles. The Labute approximate surface area is 177 Å². The summed E-state index contributed by atoms with van der Waals surface area (Å²) in [4.78, 5) is 4.61. The quantitative estimate of drug-likeness (QED) is 0.398. The Hall–Kier alpha value is -1.80. The number of para-hydroxylation sites is 1. The molecule has 0 radical (unpaired) electrons. The molecule has 0 aliphatic carbocycles. The number of benzene rings is 2. The largest absolute Gasteiger partial charge is 0.493 e. The van der Waals surface area contributed by atoms with Crippen LogP contribution >= 0.6 is 24.0 Å². The van der Waals surface area contributed by atoms with E-state index in [1.807, 2.05) is 24.3 Å². The molecule has 2 aromatic carbocycles. The first kappa shape index (κ1) is 19.9. The lowest BCUT2D eigenvalue weighted by Gasteiger charge is -2.27. The van der Waals surface area contributed by atoms with Gasteiger partial charge in [0.05, 0.1) is 18.8 Å². The lowest BCUT2D eigenvalue weighted by atomic mass is 9.95. The van der Waals surface area contributed by atoms with E-state index in [-0.39, 0.29) is 36.1 Å². The van der Waals surface area contributed by atoms with Gasteiger partial charge in [-0.1, -0.05) is 48.5 Å². The van der Waals surface area contributed by atoms with Gasteiger partial charge in [-0.2, -0.15) is 0 Å². The van der Waals surface area contributed by atoms with Gasteiger partial charge >= 0.3 is 0 Å². The van der Waals surface area contributed by atoms with E-state index in [1.54, 1.807) is 0 Å². The van der Waals surface area contributed by atoms with E-state index < -0.39 is 0 Å². The summed E-state index contributed by atoms with van der Waals surface area (Å²) in [6.45, 7) is 2.14. The molecule has 0 bridgehead atoms. The second kappa shape index (κ2) is 9.41. The van der Waals surface area contributed by atoms with Crippen LogP contribution in [0.5, 0.6) is 5.75 Å². The zero-order valence-electron chi connectivity index (χ0n) is 15.2. The number of rotatable bonds is 4. The van der Waals surface area contributed by atoms with Crippen molar-refractivity contribution in [1.82, 2.24) is 5.32 Å². The van der Waals surface area contributed by atoms with E-state index in [9.17, 15) is 0 Å². The maximum atomic E-state index is 6.18. The molecule has 5 nitrogen and oxygen atoms in total. The first-order valence-corrected chi connectivity index (χ1v) is 9.26. The number of halogens is 1. The molecule has 27 heavy (non-hydrogen) atoms. The Bertz CT molecular complexity index is 769. The average Bonchev–Trinajstić information content (AvgIpc) is 3.16. The number of guanidine groups is 1. The lowest BCUT2D eigenvalue weighted by Crippen LogP contribution is -2.37. The van der Waals surface area contributed by atoms with Gasteiger partial charge in [0.2, 0.25) is 0 Å². The summed E-state index contributed by atoms with van der Waals surface area (Å²) < 4.78 is 11.6. The number of nitrogens with one attached hydrogen (secondary N) is 1. The highest BCUT2D eigenvalue weighted by atomic mass is 127. The second-order valence-electron chi connectivity index (χ2n) is 6.85. The molecule has 2 aliphatic rings. The number of hydrogen-bond acceptors (Lipinski definition) is 3. The number of ether oxygens (including phenoxy) is 2. The molecule has 3 N–H and O–H groups in total. The summed E-state index contributed by atoms with van der Waals surface area (Å²) in [6, 6.07) is 18.6. The van der Waals surface area contributed by atoms with Crippen LogP contribution in [0.3, 0.4) is 0 Å². The SMILES string of the molecule is I.NC(=NC[C@@H]1CCO[C@H]1c1ccccc1)NC1CCOc2ccccc21. The third-order valence-corrected chi connectivity index (χ3v) is 5.12. The van der Waals surface area contributed by atoms with Crippen LogP contribution in [-0.4, -0.2) is 25.7 Å². The van der Waals surface area contributed by atoms with Crippen molar-refractivity contribution in [2.24, 2.45) is 16.6 Å². The molecule has 4 rings (SSSR count). The van der Waals surface area contributed by atoms with Crippen molar-refractivity contribution in [3.63, 3.8) is 0 Å².